The fraction of sp³-hybridized carbons (Fsp3) is 0.708. The molecule has 11 atom stereocenters. The van der Waals surface area contributed by atoms with Gasteiger partial charge in [0.1, 0.15) is 18.3 Å². The maximum absolute atomic E-state index is 12.7. The number of aliphatic hydroxyl groups excluding tert-OH is 1. The number of ether oxygens (including phenoxy) is 4. The number of fused-ring (bicyclic) bond motifs is 4. The van der Waals surface area contributed by atoms with Gasteiger partial charge in [0.05, 0.1) is 18.1 Å². The van der Waals surface area contributed by atoms with Crippen molar-refractivity contribution < 1.29 is 43.5 Å². The molecule has 0 bridgehead atoms. The molecule has 0 amide bonds. The Hall–Kier alpha value is -1.94. The zero-order valence-corrected chi connectivity index (χ0v) is 20.5. The van der Waals surface area contributed by atoms with Crippen LogP contribution in [0.4, 0.5) is 0 Å². The fourth-order valence-corrected chi connectivity index (χ4v) is 6.37. The number of epoxide rings is 1. The highest BCUT2D eigenvalue weighted by molar-refractivity contribution is 6.19. The zero-order chi connectivity index (χ0) is 25.2. The van der Waals surface area contributed by atoms with E-state index in [0.29, 0.717) is 5.57 Å². The topological polar surface area (TPSA) is 132 Å². The predicted octanol–water partition coefficient (Wildman–Crippen LogP) is 1.28. The van der Waals surface area contributed by atoms with E-state index in [4.69, 9.17) is 30.5 Å². The summed E-state index contributed by atoms with van der Waals surface area (Å²) in [7, 11) is 0. The van der Waals surface area contributed by atoms with Gasteiger partial charge in [0.2, 0.25) is 0 Å². The van der Waals surface area contributed by atoms with Crippen molar-refractivity contribution in [3.63, 3.8) is 0 Å². The lowest BCUT2D eigenvalue weighted by atomic mass is 9.54. The normalized spacial score (nSPS) is 49.8. The molecule has 0 spiro atoms. The van der Waals surface area contributed by atoms with Crippen molar-refractivity contribution in [1.82, 2.24) is 0 Å². The molecule has 9 nitrogen and oxygen atoms in total. The predicted molar refractivity (Wildman–Crippen MR) is 118 cm³/mol. The molecule has 0 aromatic carbocycles. The van der Waals surface area contributed by atoms with Crippen molar-refractivity contribution in [3.8, 4) is 0 Å². The number of rotatable bonds is 3. The van der Waals surface area contributed by atoms with E-state index in [1.165, 1.54) is 26.8 Å². The Kier molecular flexibility index (Phi) is 6.38. The van der Waals surface area contributed by atoms with Gasteiger partial charge in [-0.15, -0.1) is 11.6 Å². The summed E-state index contributed by atoms with van der Waals surface area (Å²) in [6.07, 6.45) is -0.524. The smallest absolute Gasteiger partial charge is 0.312 e. The molecule has 2 aliphatic heterocycles. The summed E-state index contributed by atoms with van der Waals surface area (Å²) in [5, 5.41) is 23.6. The molecule has 0 aromatic heterocycles. The molecule has 2 aliphatic carbocycles. The van der Waals surface area contributed by atoms with Gasteiger partial charge in [-0.1, -0.05) is 26.0 Å². The summed E-state index contributed by atoms with van der Waals surface area (Å²) < 4.78 is 22.8. The van der Waals surface area contributed by atoms with Crippen molar-refractivity contribution in [3.05, 3.63) is 23.8 Å². The van der Waals surface area contributed by atoms with Crippen LogP contribution in [0.15, 0.2) is 23.8 Å². The summed E-state index contributed by atoms with van der Waals surface area (Å²) in [4.78, 5) is 36.9. The van der Waals surface area contributed by atoms with Crippen molar-refractivity contribution >= 4 is 29.5 Å². The maximum atomic E-state index is 12.7. The molecule has 188 valence electrons. The molecule has 2 saturated heterocycles. The number of carbonyl (C=O) groups is 3. The zero-order valence-electron chi connectivity index (χ0n) is 19.8. The lowest BCUT2D eigenvalue weighted by Crippen LogP contribution is -2.66. The summed E-state index contributed by atoms with van der Waals surface area (Å²) in [6.45, 7) is 7.60. The highest BCUT2D eigenvalue weighted by atomic mass is 35.5. The van der Waals surface area contributed by atoms with E-state index in [2.05, 4.69) is 0 Å². The monoisotopic (exact) mass is 498 g/mol. The Morgan fingerprint density at radius 3 is 2.44 bits per heavy atom. The van der Waals surface area contributed by atoms with Crippen LogP contribution in [0.2, 0.25) is 0 Å². The van der Waals surface area contributed by atoms with Crippen LogP contribution in [0.1, 0.15) is 34.6 Å². The first-order chi connectivity index (χ1) is 15.9. The van der Waals surface area contributed by atoms with Crippen molar-refractivity contribution in [2.45, 2.75) is 76.8 Å². The van der Waals surface area contributed by atoms with Crippen LogP contribution in [0.5, 0.6) is 0 Å². The second-order valence-corrected chi connectivity index (χ2v) is 10.3. The van der Waals surface area contributed by atoms with Gasteiger partial charge in [0.15, 0.2) is 11.7 Å². The Morgan fingerprint density at radius 2 is 1.85 bits per heavy atom. The number of esters is 3. The third-order valence-electron chi connectivity index (χ3n) is 8.04. The van der Waals surface area contributed by atoms with Crippen LogP contribution >= 0.6 is 11.6 Å². The lowest BCUT2D eigenvalue weighted by molar-refractivity contribution is -0.215. The number of alkyl halides is 1. The molecule has 4 aliphatic rings. The molecule has 3 fully saturated rings. The van der Waals surface area contributed by atoms with Gasteiger partial charge < -0.3 is 29.2 Å². The molecule has 34 heavy (non-hydrogen) atoms. The van der Waals surface area contributed by atoms with Gasteiger partial charge in [-0.05, 0) is 18.6 Å². The Balaban J connectivity index is 1.95. The highest BCUT2D eigenvalue weighted by Crippen LogP contribution is 2.61. The van der Waals surface area contributed by atoms with Crippen LogP contribution in [-0.2, 0) is 33.3 Å². The van der Waals surface area contributed by atoms with Gasteiger partial charge in [-0.25, -0.2) is 0 Å². The molecule has 2 N–H and O–H groups in total. The SMILES string of the molecule is CC(=O)O[C@H]1[C@@H](C)[C@H]2[C@@H](OC(C)=O)[C@@]3(O)[C@H](C)C(=O)O[C@@H]3/C=C(CCl)/C=C\[C@@H](O)[C@]2(C)[C@@H]2O[C@H]12. The molecule has 0 radical (unpaired) electrons. The quantitative estimate of drug-likeness (QED) is 0.255. The van der Waals surface area contributed by atoms with E-state index in [9.17, 15) is 24.6 Å². The average Bonchev–Trinajstić information content (AvgIpc) is 3.53. The average molecular weight is 499 g/mol. The number of carbonyl (C=O) groups excluding carboxylic acids is 3. The molecule has 2 heterocycles. The number of hydrogen-bond acceptors (Lipinski definition) is 9. The summed E-state index contributed by atoms with van der Waals surface area (Å²) in [5.74, 6) is -4.15. The third-order valence-corrected chi connectivity index (χ3v) is 8.35. The van der Waals surface area contributed by atoms with Gasteiger partial charge in [0, 0.05) is 37.0 Å². The number of halogens is 1. The minimum atomic E-state index is -1.98. The fourth-order valence-electron chi connectivity index (χ4n) is 6.20. The molecular weight excluding hydrogens is 468 g/mol. The van der Waals surface area contributed by atoms with Crippen LogP contribution in [0, 0.1) is 23.2 Å². The Bertz CT molecular complexity index is 947. The number of aliphatic hydroxyl groups is 2. The van der Waals surface area contributed by atoms with Gasteiger partial charge in [0.25, 0.3) is 0 Å². The van der Waals surface area contributed by atoms with Crippen LogP contribution in [0.3, 0.4) is 0 Å². The number of hydrogen-bond donors (Lipinski definition) is 2. The molecule has 1 saturated carbocycles. The Morgan fingerprint density at radius 1 is 1.21 bits per heavy atom. The van der Waals surface area contributed by atoms with E-state index in [-0.39, 0.29) is 5.88 Å². The molecule has 4 rings (SSSR count). The maximum Gasteiger partial charge on any atom is 0.312 e. The van der Waals surface area contributed by atoms with E-state index < -0.39 is 83.3 Å². The highest BCUT2D eigenvalue weighted by Gasteiger charge is 2.74. The molecular formula is C24H31ClO9. The first-order valence-electron chi connectivity index (χ1n) is 11.4. The van der Waals surface area contributed by atoms with Crippen LogP contribution < -0.4 is 0 Å². The summed E-state index contributed by atoms with van der Waals surface area (Å²) >= 11 is 6.10. The second kappa shape index (κ2) is 8.62. The molecule has 0 aromatic rings. The van der Waals surface area contributed by atoms with Gasteiger partial charge >= 0.3 is 17.9 Å². The van der Waals surface area contributed by atoms with Crippen molar-refractivity contribution in [2.75, 3.05) is 5.88 Å². The summed E-state index contributed by atoms with van der Waals surface area (Å²) in [5.41, 5.74) is -2.53. The summed E-state index contributed by atoms with van der Waals surface area (Å²) in [6, 6.07) is 0. The van der Waals surface area contributed by atoms with Crippen molar-refractivity contribution in [1.29, 1.82) is 0 Å². The van der Waals surface area contributed by atoms with E-state index in [1.54, 1.807) is 26.0 Å². The van der Waals surface area contributed by atoms with E-state index in [0.717, 1.165) is 0 Å². The standard InChI is InChI=1S/C24H31ClO9/c1-10-17-20(32-13(4)27)24(30)11(2)22(29)33-16(24)8-14(9-25)6-7-15(28)23(17,5)21-19(34-21)18(10)31-12(3)26/h6-8,10-11,15-21,28,30H,9H2,1-5H3/b7-6-,14-8-/t10-,11+,15+,16+,17-,18-,19+,20+,21+,23-,24+/m0/s1. The Labute approximate surface area is 203 Å². The van der Waals surface area contributed by atoms with Crippen molar-refractivity contribution in [2.24, 2.45) is 23.2 Å². The first kappa shape index (κ1) is 25.2. The minimum absolute atomic E-state index is 0.0353. The van der Waals surface area contributed by atoms with Gasteiger partial charge in [-0.3, -0.25) is 14.4 Å². The third kappa shape index (κ3) is 3.68. The van der Waals surface area contributed by atoms with Crippen LogP contribution in [0.25, 0.3) is 0 Å². The molecule has 0 unspecified atom stereocenters. The van der Waals surface area contributed by atoms with Gasteiger partial charge in [-0.2, -0.15) is 0 Å². The number of allylic oxidation sites excluding steroid dienone is 2. The minimum Gasteiger partial charge on any atom is -0.459 e. The lowest BCUT2D eigenvalue weighted by Gasteiger charge is -2.53. The largest absolute Gasteiger partial charge is 0.459 e. The van der Waals surface area contributed by atoms with Crippen LogP contribution in [-0.4, -0.2) is 76.2 Å². The van der Waals surface area contributed by atoms with E-state index >= 15 is 0 Å². The second-order valence-electron chi connectivity index (χ2n) is 10.0. The first-order valence-corrected chi connectivity index (χ1v) is 12.0. The van der Waals surface area contributed by atoms with E-state index in [1.807, 2.05) is 0 Å². The molecule has 10 heteroatoms.